The predicted octanol–water partition coefficient (Wildman–Crippen LogP) is 6.80. The molecule has 0 aliphatic carbocycles. The van der Waals surface area contributed by atoms with Crippen LogP contribution in [0.15, 0.2) is 42.5 Å². The monoisotopic (exact) mass is 449 g/mol. The summed E-state index contributed by atoms with van der Waals surface area (Å²) in [6.45, 7) is 0. The maximum absolute atomic E-state index is 13.0. The summed E-state index contributed by atoms with van der Waals surface area (Å²) in [7, 11) is 0. The molecule has 0 fully saturated rings. The van der Waals surface area contributed by atoms with E-state index in [1.165, 1.54) is 18.2 Å². The van der Waals surface area contributed by atoms with Gasteiger partial charge in [-0.2, -0.15) is 26.3 Å². The van der Waals surface area contributed by atoms with Crippen LogP contribution in [0.1, 0.15) is 15.9 Å². The number of alkyl halides is 7. The molecule has 2 aromatic rings. The molecule has 0 unspecified atom stereocenters. The number of halogens is 9. The molecular weight excluding hydrogens is 443 g/mol. The summed E-state index contributed by atoms with van der Waals surface area (Å²) in [5.41, 5.74) is -1.50. The molecule has 2 rings (SSSR count). The van der Waals surface area contributed by atoms with E-state index in [0.717, 1.165) is 6.07 Å². The maximum atomic E-state index is 13.0. The van der Waals surface area contributed by atoms with Crippen LogP contribution >= 0.6 is 34.8 Å². The highest BCUT2D eigenvalue weighted by molar-refractivity contribution is 6.36. The first kappa shape index (κ1) is 21.7. The van der Waals surface area contributed by atoms with E-state index in [4.69, 9.17) is 34.8 Å². The molecule has 11 heteroatoms. The molecule has 0 saturated carbocycles. The van der Waals surface area contributed by atoms with E-state index in [1.54, 1.807) is 6.07 Å². The fourth-order valence-corrected chi connectivity index (χ4v) is 2.72. The molecule has 1 amide bonds. The summed E-state index contributed by atoms with van der Waals surface area (Å²) in [6.07, 6.45) is -11.7. The summed E-state index contributed by atoms with van der Waals surface area (Å²) in [5, 5.41) is 1.79. The van der Waals surface area contributed by atoms with Crippen molar-refractivity contribution in [2.75, 3.05) is 5.32 Å². The van der Waals surface area contributed by atoms with E-state index in [0.29, 0.717) is 12.1 Å². The number of carbonyl (C=O) groups excluding carboxylic acids is 1. The number of benzene rings is 2. The third kappa shape index (κ3) is 4.12. The minimum atomic E-state index is -5.83. The number of hydrogen-bond donors (Lipinski definition) is 1. The van der Waals surface area contributed by atoms with Gasteiger partial charge in [0.1, 0.15) is 0 Å². The van der Waals surface area contributed by atoms with Crippen LogP contribution in [0, 0.1) is 0 Å². The van der Waals surface area contributed by atoms with Gasteiger partial charge in [0.05, 0.1) is 21.3 Å². The fourth-order valence-electron chi connectivity index (χ4n) is 2.15. The molecule has 2 nitrogen and oxygen atoms in total. The number of amides is 1. The van der Waals surface area contributed by atoms with Crippen LogP contribution < -0.4 is 5.32 Å². The predicted molar refractivity (Wildman–Crippen MR) is 90.5 cm³/mol. The molecule has 0 radical (unpaired) electrons. The zero-order valence-corrected chi connectivity index (χ0v) is 15.1. The Morgan fingerprint density at radius 2 is 1.41 bits per heavy atom. The van der Waals surface area contributed by atoms with E-state index in [1.807, 2.05) is 0 Å². The molecule has 1 N–H and O–H groups in total. The Balaban J connectivity index is 2.41. The quantitative estimate of drug-likeness (QED) is 0.404. The molecule has 2 aromatic carbocycles. The van der Waals surface area contributed by atoms with Crippen molar-refractivity contribution in [1.82, 2.24) is 0 Å². The van der Waals surface area contributed by atoms with Crippen LogP contribution in [0.5, 0.6) is 0 Å². The average molecular weight is 451 g/mol. The maximum Gasteiger partial charge on any atom is 0.420 e. The first-order valence-electron chi connectivity index (χ1n) is 6.97. The number of hydrogen-bond acceptors (Lipinski definition) is 1. The highest BCUT2D eigenvalue weighted by atomic mass is 35.5. The lowest BCUT2D eigenvalue weighted by Gasteiger charge is -2.32. The second-order valence-electron chi connectivity index (χ2n) is 5.28. The highest BCUT2D eigenvalue weighted by Crippen LogP contribution is 2.55. The molecular formula is C16H8Cl3F6NO. The van der Waals surface area contributed by atoms with Crippen molar-refractivity contribution in [3.05, 3.63) is 63.6 Å². The Labute approximate surface area is 164 Å². The third-order valence-electron chi connectivity index (χ3n) is 3.51. The van der Waals surface area contributed by atoms with Crippen molar-refractivity contribution in [3.8, 4) is 0 Å². The molecule has 27 heavy (non-hydrogen) atoms. The molecule has 0 spiro atoms. The topological polar surface area (TPSA) is 29.1 Å². The van der Waals surface area contributed by atoms with Crippen LogP contribution in [0.3, 0.4) is 0 Å². The molecule has 146 valence electrons. The Morgan fingerprint density at radius 1 is 0.852 bits per heavy atom. The lowest BCUT2D eigenvalue weighted by molar-refractivity contribution is -0.272. The molecule has 0 atom stereocenters. The smallest absolute Gasteiger partial charge is 0.321 e. The minimum absolute atomic E-state index is 0.0385. The lowest BCUT2D eigenvalue weighted by atomic mass is 9.96. The average Bonchev–Trinajstić information content (AvgIpc) is 2.54. The second kappa shape index (κ2) is 7.41. The number of rotatable bonds is 3. The van der Waals surface area contributed by atoms with Crippen LogP contribution in [-0.2, 0) is 4.87 Å². The van der Waals surface area contributed by atoms with Gasteiger partial charge < -0.3 is 5.32 Å². The minimum Gasteiger partial charge on any atom is -0.321 e. The number of carbonyl (C=O) groups is 1. The SMILES string of the molecule is O=C(Nc1ccc(C(Cl)(C(F)(F)F)C(F)(F)F)cc1Cl)c1ccccc1Cl. The lowest BCUT2D eigenvalue weighted by Crippen LogP contribution is -2.49. The van der Waals surface area contributed by atoms with E-state index >= 15 is 0 Å². The van der Waals surface area contributed by atoms with Gasteiger partial charge in [0, 0.05) is 0 Å². The van der Waals surface area contributed by atoms with Crippen molar-refractivity contribution in [3.63, 3.8) is 0 Å². The summed E-state index contributed by atoms with van der Waals surface area (Å²) in [4.78, 5) is 7.50. The van der Waals surface area contributed by atoms with Gasteiger partial charge in [0.2, 0.25) is 0 Å². The van der Waals surface area contributed by atoms with Gasteiger partial charge in [-0.1, -0.05) is 53.0 Å². The van der Waals surface area contributed by atoms with Gasteiger partial charge in [-0.3, -0.25) is 4.79 Å². The molecule has 0 heterocycles. The van der Waals surface area contributed by atoms with Crippen LogP contribution in [-0.4, -0.2) is 18.3 Å². The van der Waals surface area contributed by atoms with Crippen molar-refractivity contribution in [2.45, 2.75) is 17.2 Å². The standard InChI is InChI=1S/C16H8Cl3F6NO/c17-10-4-2-1-3-9(10)13(27)26-12-6-5-8(7-11(12)18)14(19,15(20,21)22)16(23,24)25/h1-7H,(H,26,27). The zero-order valence-electron chi connectivity index (χ0n) is 12.9. The van der Waals surface area contributed by atoms with E-state index in [-0.39, 0.29) is 16.3 Å². The zero-order chi connectivity index (χ0) is 20.6. The second-order valence-corrected chi connectivity index (χ2v) is 6.66. The Bertz CT molecular complexity index is 852. The van der Waals surface area contributed by atoms with Crippen LogP contribution in [0.25, 0.3) is 0 Å². The normalized spacial score (nSPS) is 12.8. The summed E-state index contributed by atoms with van der Waals surface area (Å²) in [6, 6.07) is 7.56. The fraction of sp³-hybridized carbons (Fsp3) is 0.188. The molecule has 0 aliphatic heterocycles. The van der Waals surface area contributed by atoms with Crippen molar-refractivity contribution in [1.29, 1.82) is 0 Å². The first-order chi connectivity index (χ1) is 12.3. The Hall–Kier alpha value is -1.64. The number of nitrogens with one attached hydrogen (secondary N) is 1. The summed E-state index contributed by atoms with van der Waals surface area (Å²) >= 11 is 16.6. The van der Waals surface area contributed by atoms with Crippen molar-refractivity contribution in [2.24, 2.45) is 0 Å². The summed E-state index contributed by atoms with van der Waals surface area (Å²) < 4.78 is 78.1. The van der Waals surface area contributed by atoms with E-state index in [9.17, 15) is 31.1 Å². The van der Waals surface area contributed by atoms with Crippen LogP contribution in [0.4, 0.5) is 32.0 Å². The number of anilines is 1. The largest absolute Gasteiger partial charge is 0.420 e. The summed E-state index contributed by atoms with van der Waals surface area (Å²) in [5.74, 6) is -0.751. The van der Waals surface area contributed by atoms with Gasteiger partial charge in [0.25, 0.3) is 10.8 Å². The molecule has 0 bridgehead atoms. The van der Waals surface area contributed by atoms with Gasteiger partial charge in [-0.05, 0) is 29.8 Å². The van der Waals surface area contributed by atoms with Crippen molar-refractivity contribution < 1.29 is 31.1 Å². The molecule has 0 saturated heterocycles. The van der Waals surface area contributed by atoms with Gasteiger partial charge >= 0.3 is 12.4 Å². The third-order valence-corrected chi connectivity index (χ3v) is 4.80. The van der Waals surface area contributed by atoms with Crippen LogP contribution in [0.2, 0.25) is 10.0 Å². The Morgan fingerprint density at radius 3 is 1.89 bits per heavy atom. The van der Waals surface area contributed by atoms with Gasteiger partial charge in [0.15, 0.2) is 0 Å². The van der Waals surface area contributed by atoms with Gasteiger partial charge in [-0.15, -0.1) is 0 Å². The highest BCUT2D eigenvalue weighted by Gasteiger charge is 2.71. The Kier molecular flexibility index (Phi) is 5.94. The van der Waals surface area contributed by atoms with E-state index in [2.05, 4.69) is 5.32 Å². The van der Waals surface area contributed by atoms with E-state index < -0.39 is 33.7 Å². The van der Waals surface area contributed by atoms with Crippen molar-refractivity contribution >= 4 is 46.4 Å². The first-order valence-corrected chi connectivity index (χ1v) is 8.10. The molecule has 0 aliphatic rings. The van der Waals surface area contributed by atoms with Gasteiger partial charge in [-0.25, -0.2) is 0 Å². The molecule has 0 aromatic heterocycles.